The molecule has 1 unspecified atom stereocenters. The van der Waals surface area contributed by atoms with Crippen molar-refractivity contribution in [1.82, 2.24) is 30.0 Å². The van der Waals surface area contributed by atoms with Gasteiger partial charge in [0.1, 0.15) is 42.0 Å². The number of carbonyl (C=O) groups is 1. The number of nitrogens with one attached hydrogen (secondary N) is 3. The van der Waals surface area contributed by atoms with Gasteiger partial charge in [0.25, 0.3) is 5.91 Å². The van der Waals surface area contributed by atoms with Crippen LogP contribution in [0.15, 0.2) is 66.6 Å². The number of benzene rings is 2. The summed E-state index contributed by atoms with van der Waals surface area (Å²) >= 11 is 0. The summed E-state index contributed by atoms with van der Waals surface area (Å²) in [6, 6.07) is 13.1. The number of nitrogens with zero attached hydrogens (tertiary/aromatic N) is 6. The van der Waals surface area contributed by atoms with Crippen molar-refractivity contribution >= 4 is 40.1 Å². The van der Waals surface area contributed by atoms with Crippen molar-refractivity contribution in [3.63, 3.8) is 0 Å². The molecule has 1 atom stereocenters. The molecule has 2 aromatic heterocycles. The number of ether oxygens (including phenoxy) is 1. The summed E-state index contributed by atoms with van der Waals surface area (Å²) in [5, 5.41) is 27.6. The number of amides is 1. The minimum absolute atomic E-state index is 0.0299. The lowest BCUT2D eigenvalue weighted by molar-refractivity contribution is -0.112. The van der Waals surface area contributed by atoms with Crippen LogP contribution in [0.5, 0.6) is 5.75 Å². The van der Waals surface area contributed by atoms with Gasteiger partial charge in [-0.25, -0.2) is 9.97 Å². The van der Waals surface area contributed by atoms with Crippen LogP contribution < -0.4 is 20.7 Å². The minimum atomic E-state index is -0.418. The van der Waals surface area contributed by atoms with Crippen LogP contribution >= 0.6 is 0 Å². The molecule has 4 aromatic rings. The Bertz CT molecular complexity index is 1690. The van der Waals surface area contributed by atoms with Crippen LogP contribution in [0, 0.1) is 24.2 Å². The SMILES string of the molecule is Cc1cc(Nc2ncnc3ccc(NC(=O)/C(C#N)=C/C4CC4)cc23)ccc1OC1=Cc2nncn2C(C)N1. The fourth-order valence-corrected chi connectivity index (χ4v) is 4.34. The van der Waals surface area contributed by atoms with Crippen LogP contribution in [0.1, 0.15) is 37.3 Å². The van der Waals surface area contributed by atoms with Crippen molar-refractivity contribution < 1.29 is 9.53 Å². The highest BCUT2D eigenvalue weighted by Gasteiger charge is 2.22. The van der Waals surface area contributed by atoms with Gasteiger partial charge in [-0.2, -0.15) is 5.26 Å². The number of hydrogen-bond acceptors (Lipinski definition) is 9. The third-order valence-electron chi connectivity index (χ3n) is 6.57. The number of aryl methyl sites for hydroxylation is 1. The first-order valence-corrected chi connectivity index (χ1v) is 12.6. The van der Waals surface area contributed by atoms with Crippen molar-refractivity contribution in [3.05, 3.63) is 78.0 Å². The standard InChI is InChI=1S/C28H25N9O2/c1-16-9-20(6-8-24(16)39-26-12-25-36-32-15-37(25)17(2)33-26)34-27-22-11-21(5-7-23(22)30-14-31-27)35-28(38)19(13-29)10-18-3-4-18/h5-12,14-15,17-18,33H,3-4H2,1-2H3,(H,35,38)(H,30,31,34)/b19-10+. The zero-order valence-corrected chi connectivity index (χ0v) is 21.3. The Balaban J connectivity index is 1.21. The molecule has 3 heterocycles. The smallest absolute Gasteiger partial charge is 0.265 e. The molecule has 1 saturated carbocycles. The molecule has 194 valence electrons. The second-order valence-electron chi connectivity index (χ2n) is 9.57. The first kappa shape index (κ1) is 24.1. The quantitative estimate of drug-likeness (QED) is 0.236. The lowest BCUT2D eigenvalue weighted by atomic mass is 10.1. The third-order valence-corrected chi connectivity index (χ3v) is 6.57. The van der Waals surface area contributed by atoms with Gasteiger partial charge in [0, 0.05) is 22.8 Å². The predicted molar refractivity (Wildman–Crippen MR) is 146 cm³/mol. The molecular weight excluding hydrogens is 494 g/mol. The maximum absolute atomic E-state index is 12.6. The Kier molecular flexibility index (Phi) is 6.13. The monoisotopic (exact) mass is 519 g/mol. The van der Waals surface area contributed by atoms with Crippen molar-refractivity contribution in [2.45, 2.75) is 32.9 Å². The van der Waals surface area contributed by atoms with Crippen molar-refractivity contribution in [1.29, 1.82) is 5.26 Å². The zero-order chi connectivity index (χ0) is 26.9. The van der Waals surface area contributed by atoms with Crippen molar-refractivity contribution in [2.75, 3.05) is 10.6 Å². The predicted octanol–water partition coefficient (Wildman–Crippen LogP) is 4.57. The van der Waals surface area contributed by atoms with Crippen LogP contribution in [0.2, 0.25) is 0 Å². The van der Waals surface area contributed by atoms with Crippen LogP contribution in [0.25, 0.3) is 17.0 Å². The Labute approximate surface area is 224 Å². The Morgan fingerprint density at radius 1 is 1.21 bits per heavy atom. The average Bonchev–Trinajstić information content (AvgIpc) is 3.62. The van der Waals surface area contributed by atoms with Gasteiger partial charge in [-0.15, -0.1) is 10.2 Å². The van der Waals surface area contributed by atoms with Gasteiger partial charge < -0.3 is 20.7 Å². The largest absolute Gasteiger partial charge is 0.441 e. The van der Waals surface area contributed by atoms with Crippen molar-refractivity contribution in [2.24, 2.45) is 5.92 Å². The lowest BCUT2D eigenvalue weighted by Crippen LogP contribution is -2.30. The highest BCUT2D eigenvalue weighted by atomic mass is 16.5. The van der Waals surface area contributed by atoms with Gasteiger partial charge >= 0.3 is 0 Å². The first-order valence-electron chi connectivity index (χ1n) is 12.6. The second kappa shape index (κ2) is 9.90. The first-order chi connectivity index (χ1) is 19.0. The van der Waals surface area contributed by atoms with Crippen LogP contribution in [-0.4, -0.2) is 30.6 Å². The van der Waals surface area contributed by atoms with Gasteiger partial charge in [-0.3, -0.25) is 9.36 Å². The molecule has 1 aliphatic heterocycles. The van der Waals surface area contributed by atoms with E-state index in [1.54, 1.807) is 24.5 Å². The molecule has 3 N–H and O–H groups in total. The highest BCUT2D eigenvalue weighted by Crippen LogP contribution is 2.32. The van der Waals surface area contributed by atoms with Crippen LogP contribution in [0.4, 0.5) is 17.2 Å². The van der Waals surface area contributed by atoms with Gasteiger partial charge in [-0.1, -0.05) is 6.08 Å². The number of fused-ring (bicyclic) bond motifs is 2. The van der Waals surface area contributed by atoms with Gasteiger partial charge in [-0.05, 0) is 74.6 Å². The van der Waals surface area contributed by atoms with E-state index < -0.39 is 5.91 Å². The molecule has 39 heavy (non-hydrogen) atoms. The molecule has 0 saturated heterocycles. The fraction of sp³-hybridized carbons (Fsp3) is 0.214. The molecule has 11 nitrogen and oxygen atoms in total. The van der Waals surface area contributed by atoms with E-state index >= 15 is 0 Å². The Morgan fingerprint density at radius 2 is 2.05 bits per heavy atom. The summed E-state index contributed by atoms with van der Waals surface area (Å²) in [6.07, 6.45) is 8.73. The minimum Gasteiger partial charge on any atom is -0.441 e. The van der Waals surface area contributed by atoms with Crippen LogP contribution in [-0.2, 0) is 4.79 Å². The maximum Gasteiger partial charge on any atom is 0.265 e. The van der Waals surface area contributed by atoms with E-state index in [9.17, 15) is 10.1 Å². The number of nitriles is 1. The Hall–Kier alpha value is -5.24. The highest BCUT2D eigenvalue weighted by molar-refractivity contribution is 6.07. The summed E-state index contributed by atoms with van der Waals surface area (Å²) in [5.74, 6) is 2.51. The summed E-state index contributed by atoms with van der Waals surface area (Å²) in [4.78, 5) is 21.4. The number of anilines is 3. The fourth-order valence-electron chi connectivity index (χ4n) is 4.34. The van der Waals surface area contributed by atoms with E-state index in [0.717, 1.165) is 35.3 Å². The molecule has 2 aliphatic rings. The summed E-state index contributed by atoms with van der Waals surface area (Å²) < 4.78 is 8.03. The summed E-state index contributed by atoms with van der Waals surface area (Å²) in [7, 11) is 0. The molecule has 1 aliphatic carbocycles. The van der Waals surface area contributed by atoms with E-state index in [0.29, 0.717) is 34.6 Å². The molecular formula is C28H25N9O2. The lowest BCUT2D eigenvalue weighted by Gasteiger charge is -2.24. The zero-order valence-electron chi connectivity index (χ0n) is 21.3. The maximum atomic E-state index is 12.6. The molecule has 11 heteroatoms. The third kappa shape index (κ3) is 5.13. The average molecular weight is 520 g/mol. The molecule has 0 spiro atoms. The molecule has 1 amide bonds. The van der Waals surface area contributed by atoms with E-state index in [4.69, 9.17) is 4.74 Å². The Morgan fingerprint density at radius 3 is 2.85 bits per heavy atom. The summed E-state index contributed by atoms with van der Waals surface area (Å²) in [5.41, 5.74) is 3.13. The number of aromatic nitrogens is 5. The molecule has 0 radical (unpaired) electrons. The van der Waals surface area contributed by atoms with Crippen molar-refractivity contribution in [3.8, 4) is 11.8 Å². The van der Waals surface area contributed by atoms with E-state index in [2.05, 4.69) is 36.1 Å². The number of carbonyl (C=O) groups excluding carboxylic acids is 1. The molecule has 6 rings (SSSR count). The van der Waals surface area contributed by atoms with Gasteiger partial charge in [0.15, 0.2) is 11.7 Å². The second-order valence-corrected chi connectivity index (χ2v) is 9.57. The van der Waals surface area contributed by atoms with Gasteiger partial charge in [0.2, 0.25) is 0 Å². The normalized spacial score (nSPS) is 16.5. The van der Waals surface area contributed by atoms with E-state index in [1.165, 1.54) is 6.33 Å². The van der Waals surface area contributed by atoms with Gasteiger partial charge in [0.05, 0.1) is 5.52 Å². The number of hydrogen-bond donors (Lipinski definition) is 3. The van der Waals surface area contributed by atoms with Crippen LogP contribution in [0.3, 0.4) is 0 Å². The number of allylic oxidation sites excluding steroid dienone is 1. The van der Waals surface area contributed by atoms with E-state index in [1.807, 2.05) is 54.8 Å². The topological polar surface area (TPSA) is 143 Å². The summed E-state index contributed by atoms with van der Waals surface area (Å²) in [6.45, 7) is 3.96. The molecule has 1 fully saturated rings. The van der Waals surface area contributed by atoms with E-state index in [-0.39, 0.29) is 11.7 Å². The molecule has 0 bridgehead atoms. The molecule has 2 aromatic carbocycles. The number of rotatable bonds is 7.